The summed E-state index contributed by atoms with van der Waals surface area (Å²) in [6, 6.07) is 3.47. The van der Waals surface area contributed by atoms with Crippen LogP contribution in [0.3, 0.4) is 0 Å². The molecule has 17 heavy (non-hydrogen) atoms. The third-order valence-electron chi connectivity index (χ3n) is 2.86. The van der Waals surface area contributed by atoms with E-state index in [0.29, 0.717) is 11.3 Å². The molecule has 7 nitrogen and oxygen atoms in total. The maximum atomic E-state index is 11.4. The van der Waals surface area contributed by atoms with Gasteiger partial charge in [0, 0.05) is 5.56 Å². The van der Waals surface area contributed by atoms with Gasteiger partial charge in [-0.2, -0.15) is 0 Å². The summed E-state index contributed by atoms with van der Waals surface area (Å²) in [5, 5.41) is 23.2. The van der Waals surface area contributed by atoms with Crippen LogP contribution in [0.4, 0.5) is 5.69 Å². The van der Waals surface area contributed by atoms with Crippen LogP contribution in [0.1, 0.15) is 17.2 Å². The van der Waals surface area contributed by atoms with Crippen LogP contribution in [-0.4, -0.2) is 31.2 Å². The molecule has 1 aliphatic heterocycles. The average Bonchev–Trinajstić information content (AvgIpc) is 2.92. The summed E-state index contributed by atoms with van der Waals surface area (Å²) in [7, 11) is 0. The van der Waals surface area contributed by atoms with Crippen LogP contribution in [0.2, 0.25) is 0 Å². The van der Waals surface area contributed by atoms with E-state index < -0.39 is 12.0 Å². The fraction of sp³-hybridized carbons (Fsp3) is 0.200. The lowest BCUT2D eigenvalue weighted by atomic mass is 10.1. The molecular formula is C10H9N5O2. The summed E-state index contributed by atoms with van der Waals surface area (Å²) in [6.45, 7) is 1.84. The van der Waals surface area contributed by atoms with E-state index in [9.17, 15) is 9.90 Å². The number of fused-ring (bicyclic) bond motifs is 1. The summed E-state index contributed by atoms with van der Waals surface area (Å²) in [4.78, 5) is 11.4. The predicted octanol–water partition coefficient (Wildman–Crippen LogP) is -0.0438. The normalized spacial score (nSPS) is 18.0. The van der Waals surface area contributed by atoms with Crippen molar-refractivity contribution in [2.24, 2.45) is 0 Å². The fourth-order valence-corrected chi connectivity index (χ4v) is 1.97. The molecule has 0 saturated heterocycles. The van der Waals surface area contributed by atoms with Crippen LogP contribution in [0.25, 0.3) is 5.69 Å². The zero-order valence-electron chi connectivity index (χ0n) is 8.95. The minimum Gasteiger partial charge on any atom is -0.378 e. The summed E-state index contributed by atoms with van der Waals surface area (Å²) in [5.41, 5.74) is 2.81. The van der Waals surface area contributed by atoms with Gasteiger partial charge >= 0.3 is 0 Å². The van der Waals surface area contributed by atoms with Gasteiger partial charge in [-0.3, -0.25) is 4.79 Å². The van der Waals surface area contributed by atoms with Crippen LogP contribution in [0.5, 0.6) is 0 Å². The van der Waals surface area contributed by atoms with E-state index in [1.165, 1.54) is 11.0 Å². The topological polar surface area (TPSA) is 92.9 Å². The molecule has 2 aromatic rings. The second-order valence-corrected chi connectivity index (χ2v) is 3.82. The molecule has 1 amide bonds. The monoisotopic (exact) mass is 231 g/mol. The van der Waals surface area contributed by atoms with E-state index in [1.54, 1.807) is 12.1 Å². The van der Waals surface area contributed by atoms with Gasteiger partial charge in [0.25, 0.3) is 5.91 Å². The van der Waals surface area contributed by atoms with Crippen LogP contribution in [0, 0.1) is 6.92 Å². The van der Waals surface area contributed by atoms with Crippen molar-refractivity contribution in [1.82, 2.24) is 20.2 Å². The number of carbonyl (C=O) groups is 1. The molecule has 1 unspecified atom stereocenters. The number of amides is 1. The van der Waals surface area contributed by atoms with Crippen molar-refractivity contribution in [3.63, 3.8) is 0 Å². The van der Waals surface area contributed by atoms with Gasteiger partial charge in [-0.05, 0) is 29.0 Å². The highest BCUT2D eigenvalue weighted by Gasteiger charge is 2.30. The third kappa shape index (κ3) is 1.32. The Balaban J connectivity index is 2.18. The first kappa shape index (κ1) is 9.91. The van der Waals surface area contributed by atoms with Crippen molar-refractivity contribution in [1.29, 1.82) is 0 Å². The molecule has 0 bridgehead atoms. The lowest BCUT2D eigenvalue weighted by Gasteiger charge is -2.09. The second-order valence-electron chi connectivity index (χ2n) is 3.82. The maximum Gasteiger partial charge on any atom is 0.257 e. The first-order valence-corrected chi connectivity index (χ1v) is 5.04. The summed E-state index contributed by atoms with van der Waals surface area (Å²) in [6.07, 6.45) is 0.383. The smallest absolute Gasteiger partial charge is 0.257 e. The van der Waals surface area contributed by atoms with E-state index in [2.05, 4.69) is 20.8 Å². The molecule has 0 aliphatic carbocycles. The summed E-state index contributed by atoms with van der Waals surface area (Å²) in [5.74, 6) is -0.406. The molecule has 1 aromatic heterocycles. The quantitative estimate of drug-likeness (QED) is 0.718. The Labute approximate surface area is 96.1 Å². The molecule has 86 valence electrons. The van der Waals surface area contributed by atoms with Crippen molar-refractivity contribution < 1.29 is 9.90 Å². The summed E-state index contributed by atoms with van der Waals surface area (Å²) >= 11 is 0. The van der Waals surface area contributed by atoms with Gasteiger partial charge in [-0.25, -0.2) is 4.68 Å². The number of tetrazole rings is 1. The van der Waals surface area contributed by atoms with Gasteiger partial charge in [-0.1, -0.05) is 6.07 Å². The standard InChI is InChI=1S/C10H9N5O2/c1-5-7(15-4-11-13-14-15)3-2-6-8(5)12-10(17)9(6)16/h2-4,9,16H,1H3,(H,12,17). The molecule has 3 rings (SSSR count). The lowest BCUT2D eigenvalue weighted by molar-refractivity contribution is -0.123. The number of aromatic nitrogens is 4. The lowest BCUT2D eigenvalue weighted by Crippen LogP contribution is -2.10. The van der Waals surface area contributed by atoms with Gasteiger partial charge in [0.05, 0.1) is 11.4 Å². The summed E-state index contributed by atoms with van der Waals surface area (Å²) < 4.78 is 1.51. The number of nitrogens with zero attached hydrogens (tertiary/aromatic N) is 4. The number of hydrogen-bond acceptors (Lipinski definition) is 5. The molecule has 1 aromatic carbocycles. The molecule has 7 heteroatoms. The fourth-order valence-electron chi connectivity index (χ4n) is 1.97. The van der Waals surface area contributed by atoms with Crippen LogP contribution < -0.4 is 5.32 Å². The number of carbonyl (C=O) groups excluding carboxylic acids is 1. The van der Waals surface area contributed by atoms with Crippen molar-refractivity contribution >= 4 is 11.6 Å². The number of nitrogens with one attached hydrogen (secondary N) is 1. The maximum absolute atomic E-state index is 11.4. The number of anilines is 1. The average molecular weight is 231 g/mol. The van der Waals surface area contributed by atoms with Crippen LogP contribution in [0.15, 0.2) is 18.5 Å². The third-order valence-corrected chi connectivity index (χ3v) is 2.86. The van der Waals surface area contributed by atoms with Crippen molar-refractivity contribution in [3.8, 4) is 5.69 Å². The molecule has 2 N–H and O–H groups in total. The van der Waals surface area contributed by atoms with Gasteiger partial charge in [0.15, 0.2) is 6.10 Å². The highest BCUT2D eigenvalue weighted by molar-refractivity contribution is 6.03. The molecule has 0 saturated carbocycles. The predicted molar refractivity (Wildman–Crippen MR) is 57.5 cm³/mol. The zero-order chi connectivity index (χ0) is 12.0. The van der Waals surface area contributed by atoms with Gasteiger partial charge < -0.3 is 10.4 Å². The minimum atomic E-state index is -1.09. The molecule has 1 aliphatic rings. The highest BCUT2D eigenvalue weighted by Crippen LogP contribution is 2.35. The number of hydrogen-bond donors (Lipinski definition) is 2. The van der Waals surface area contributed by atoms with E-state index in [0.717, 1.165) is 11.3 Å². The molecular weight excluding hydrogens is 222 g/mol. The first-order chi connectivity index (χ1) is 8.18. The number of rotatable bonds is 1. The second kappa shape index (κ2) is 3.36. The van der Waals surface area contributed by atoms with Gasteiger partial charge in [0.2, 0.25) is 0 Å². The van der Waals surface area contributed by atoms with E-state index >= 15 is 0 Å². The van der Waals surface area contributed by atoms with Crippen molar-refractivity contribution in [2.45, 2.75) is 13.0 Å². The Morgan fingerprint density at radius 3 is 3.00 bits per heavy atom. The van der Waals surface area contributed by atoms with E-state index in [1.807, 2.05) is 6.92 Å². The number of benzene rings is 1. The van der Waals surface area contributed by atoms with E-state index in [4.69, 9.17) is 0 Å². The molecule has 0 spiro atoms. The highest BCUT2D eigenvalue weighted by atomic mass is 16.3. The van der Waals surface area contributed by atoms with Gasteiger partial charge in [-0.15, -0.1) is 5.10 Å². The Morgan fingerprint density at radius 1 is 1.47 bits per heavy atom. The Hall–Kier alpha value is -2.28. The Kier molecular flexibility index (Phi) is 1.96. The van der Waals surface area contributed by atoms with Crippen molar-refractivity contribution in [2.75, 3.05) is 5.32 Å². The molecule has 0 fully saturated rings. The minimum absolute atomic E-state index is 0.406. The molecule has 2 heterocycles. The number of aliphatic hydroxyl groups is 1. The molecule has 1 atom stereocenters. The van der Waals surface area contributed by atoms with Crippen LogP contribution in [-0.2, 0) is 4.79 Å². The Bertz CT molecular complexity index is 593. The first-order valence-electron chi connectivity index (χ1n) is 5.04. The van der Waals surface area contributed by atoms with Gasteiger partial charge in [0.1, 0.15) is 6.33 Å². The van der Waals surface area contributed by atoms with Crippen LogP contribution >= 0.6 is 0 Å². The molecule has 0 radical (unpaired) electrons. The van der Waals surface area contributed by atoms with Crippen molar-refractivity contribution in [3.05, 3.63) is 29.6 Å². The zero-order valence-corrected chi connectivity index (χ0v) is 8.95. The Morgan fingerprint density at radius 2 is 2.29 bits per heavy atom. The van der Waals surface area contributed by atoms with E-state index in [-0.39, 0.29) is 0 Å². The SMILES string of the molecule is Cc1c(-n2cnnn2)ccc2c1NC(=O)C2O. The number of aliphatic hydroxyl groups excluding tert-OH is 1. The largest absolute Gasteiger partial charge is 0.378 e.